The van der Waals surface area contributed by atoms with Crippen molar-refractivity contribution in [2.45, 2.75) is 26.4 Å². The highest BCUT2D eigenvalue weighted by Crippen LogP contribution is 2.18. The number of halogens is 1. The van der Waals surface area contributed by atoms with Gasteiger partial charge in [0.1, 0.15) is 17.3 Å². The van der Waals surface area contributed by atoms with Gasteiger partial charge in [-0.25, -0.2) is 14.4 Å². The Hall–Kier alpha value is -3.28. The molecule has 1 aromatic heterocycles. The minimum atomic E-state index is -0.278. The molecule has 138 valence electrons. The number of benzene rings is 2. The number of anilines is 1. The summed E-state index contributed by atoms with van der Waals surface area (Å²) in [5.74, 6) is 0.463. The van der Waals surface area contributed by atoms with Gasteiger partial charge in [-0.05, 0) is 31.5 Å². The van der Waals surface area contributed by atoms with Gasteiger partial charge in [0.15, 0.2) is 5.82 Å². The zero-order valence-corrected chi connectivity index (χ0v) is 15.2. The first-order valence-electron chi connectivity index (χ1n) is 8.75. The van der Waals surface area contributed by atoms with Crippen molar-refractivity contribution in [3.05, 3.63) is 77.7 Å². The fraction of sp³-hybridized carbons (Fsp3) is 0.190. The Balaban J connectivity index is 1.89. The fourth-order valence-corrected chi connectivity index (χ4v) is 2.50. The summed E-state index contributed by atoms with van der Waals surface area (Å²) >= 11 is 0. The molecule has 0 spiro atoms. The van der Waals surface area contributed by atoms with Crippen molar-refractivity contribution in [3.63, 3.8) is 0 Å². The van der Waals surface area contributed by atoms with E-state index in [0.29, 0.717) is 23.9 Å². The van der Waals surface area contributed by atoms with Gasteiger partial charge in [-0.3, -0.25) is 4.79 Å². The lowest BCUT2D eigenvalue weighted by molar-refractivity contribution is 0.0938. The predicted octanol–water partition coefficient (Wildman–Crippen LogP) is 4.03. The Morgan fingerprint density at radius 3 is 2.41 bits per heavy atom. The van der Waals surface area contributed by atoms with Gasteiger partial charge in [-0.15, -0.1) is 0 Å². The van der Waals surface area contributed by atoms with Gasteiger partial charge in [-0.2, -0.15) is 0 Å². The number of aromatic nitrogens is 2. The molecule has 2 N–H and O–H groups in total. The molecule has 0 unspecified atom stereocenters. The number of rotatable bonds is 6. The van der Waals surface area contributed by atoms with Gasteiger partial charge in [0.2, 0.25) is 0 Å². The Kier molecular flexibility index (Phi) is 5.76. The fourth-order valence-electron chi connectivity index (χ4n) is 2.50. The number of nitrogens with one attached hydrogen (secondary N) is 2. The summed E-state index contributed by atoms with van der Waals surface area (Å²) in [5, 5.41) is 6.03. The summed E-state index contributed by atoms with van der Waals surface area (Å²) < 4.78 is 13.1. The van der Waals surface area contributed by atoms with E-state index in [9.17, 15) is 9.18 Å². The number of carbonyl (C=O) groups excluding carboxylic acids is 1. The summed E-state index contributed by atoms with van der Waals surface area (Å²) in [6.07, 6.45) is 0. The topological polar surface area (TPSA) is 66.9 Å². The number of nitrogens with zero attached hydrogens (tertiary/aromatic N) is 2. The van der Waals surface area contributed by atoms with Crippen molar-refractivity contribution in [3.8, 4) is 11.4 Å². The van der Waals surface area contributed by atoms with E-state index < -0.39 is 0 Å². The molecule has 5 nitrogen and oxygen atoms in total. The first-order valence-corrected chi connectivity index (χ1v) is 8.75. The molecule has 6 heteroatoms. The third kappa shape index (κ3) is 5.10. The third-order valence-electron chi connectivity index (χ3n) is 3.80. The maximum Gasteiger partial charge on any atom is 0.270 e. The van der Waals surface area contributed by atoms with Crippen molar-refractivity contribution in [2.24, 2.45) is 0 Å². The molecule has 27 heavy (non-hydrogen) atoms. The zero-order valence-electron chi connectivity index (χ0n) is 15.2. The third-order valence-corrected chi connectivity index (χ3v) is 3.80. The average molecular weight is 364 g/mol. The molecule has 0 atom stereocenters. The maximum absolute atomic E-state index is 13.1. The van der Waals surface area contributed by atoms with E-state index in [1.165, 1.54) is 12.1 Å². The highest BCUT2D eigenvalue weighted by Gasteiger charge is 2.14. The van der Waals surface area contributed by atoms with Crippen LogP contribution in [0.25, 0.3) is 11.4 Å². The minimum absolute atomic E-state index is 0.00302. The molecule has 0 saturated heterocycles. The number of carbonyl (C=O) groups is 1. The highest BCUT2D eigenvalue weighted by molar-refractivity contribution is 5.93. The SMILES string of the molecule is CC(C)NC(=O)c1cc(NCc2ccc(F)cc2)nc(-c2ccccc2)n1. The Morgan fingerprint density at radius 2 is 1.74 bits per heavy atom. The zero-order chi connectivity index (χ0) is 19.2. The number of hydrogen-bond donors (Lipinski definition) is 2. The van der Waals surface area contributed by atoms with Gasteiger partial charge in [0.25, 0.3) is 5.91 Å². The summed E-state index contributed by atoms with van der Waals surface area (Å²) in [5.41, 5.74) is 2.02. The Morgan fingerprint density at radius 1 is 1.04 bits per heavy atom. The highest BCUT2D eigenvalue weighted by atomic mass is 19.1. The lowest BCUT2D eigenvalue weighted by Crippen LogP contribution is -2.31. The first-order chi connectivity index (χ1) is 13.0. The molecule has 0 saturated carbocycles. The van der Waals surface area contributed by atoms with E-state index in [2.05, 4.69) is 20.6 Å². The number of hydrogen-bond acceptors (Lipinski definition) is 4. The maximum atomic E-state index is 13.1. The average Bonchev–Trinajstić information content (AvgIpc) is 2.67. The lowest BCUT2D eigenvalue weighted by Gasteiger charge is -2.12. The Bertz CT molecular complexity index is 911. The van der Waals surface area contributed by atoms with Crippen molar-refractivity contribution in [2.75, 3.05) is 5.32 Å². The minimum Gasteiger partial charge on any atom is -0.366 e. The molecule has 3 rings (SSSR count). The van der Waals surface area contributed by atoms with E-state index >= 15 is 0 Å². The van der Waals surface area contributed by atoms with Crippen LogP contribution >= 0.6 is 0 Å². The van der Waals surface area contributed by atoms with Gasteiger partial charge in [0.05, 0.1) is 0 Å². The van der Waals surface area contributed by atoms with E-state index in [0.717, 1.165) is 11.1 Å². The molecule has 2 aromatic carbocycles. The molecule has 0 fully saturated rings. The second-order valence-corrected chi connectivity index (χ2v) is 6.44. The molecular weight excluding hydrogens is 343 g/mol. The van der Waals surface area contributed by atoms with Crippen LogP contribution in [0.15, 0.2) is 60.7 Å². The van der Waals surface area contributed by atoms with Crippen molar-refractivity contribution >= 4 is 11.7 Å². The summed E-state index contributed by atoms with van der Waals surface area (Å²) in [7, 11) is 0. The summed E-state index contributed by atoms with van der Waals surface area (Å²) in [6.45, 7) is 4.24. The largest absolute Gasteiger partial charge is 0.366 e. The standard InChI is InChI=1S/C21H21FN4O/c1-14(2)24-21(27)18-12-19(23-13-15-8-10-17(22)11-9-15)26-20(25-18)16-6-4-3-5-7-16/h3-12,14H,13H2,1-2H3,(H,24,27)(H,23,25,26). The van der Waals surface area contributed by atoms with Crippen LogP contribution < -0.4 is 10.6 Å². The van der Waals surface area contributed by atoms with Crippen LogP contribution in [0, 0.1) is 5.82 Å². The molecule has 0 aliphatic heterocycles. The molecule has 0 aliphatic rings. The van der Waals surface area contributed by atoms with Crippen LogP contribution in [0.5, 0.6) is 0 Å². The molecule has 0 radical (unpaired) electrons. The normalized spacial score (nSPS) is 10.7. The monoisotopic (exact) mass is 364 g/mol. The molecule has 1 heterocycles. The van der Waals surface area contributed by atoms with E-state index in [4.69, 9.17) is 0 Å². The van der Waals surface area contributed by atoms with E-state index in [1.807, 2.05) is 44.2 Å². The second-order valence-electron chi connectivity index (χ2n) is 6.44. The van der Waals surface area contributed by atoms with Crippen molar-refractivity contribution in [1.82, 2.24) is 15.3 Å². The lowest BCUT2D eigenvalue weighted by atomic mass is 10.2. The molecule has 0 aliphatic carbocycles. The van der Waals surface area contributed by atoms with Crippen molar-refractivity contribution < 1.29 is 9.18 Å². The summed E-state index contributed by atoms with van der Waals surface area (Å²) in [4.78, 5) is 21.4. The van der Waals surface area contributed by atoms with Gasteiger partial charge in [0, 0.05) is 24.2 Å². The predicted molar refractivity (Wildman–Crippen MR) is 104 cm³/mol. The van der Waals surface area contributed by atoms with Crippen molar-refractivity contribution in [1.29, 1.82) is 0 Å². The molecular formula is C21H21FN4O. The van der Waals surface area contributed by atoms with Crippen LogP contribution in [-0.2, 0) is 6.54 Å². The Labute approximate surface area is 157 Å². The van der Waals surface area contributed by atoms with Gasteiger partial charge < -0.3 is 10.6 Å². The second kappa shape index (κ2) is 8.40. The van der Waals surface area contributed by atoms with Crippen LogP contribution in [0.3, 0.4) is 0 Å². The first kappa shape index (κ1) is 18.5. The number of amides is 1. The molecule has 1 amide bonds. The van der Waals surface area contributed by atoms with E-state index in [1.54, 1.807) is 18.2 Å². The summed E-state index contributed by atoms with van der Waals surface area (Å²) in [6, 6.07) is 17.3. The van der Waals surface area contributed by atoms with Crippen LogP contribution in [-0.4, -0.2) is 21.9 Å². The molecule has 3 aromatic rings. The van der Waals surface area contributed by atoms with Crippen LogP contribution in [0.4, 0.5) is 10.2 Å². The van der Waals surface area contributed by atoms with Crippen LogP contribution in [0.1, 0.15) is 29.9 Å². The quantitative estimate of drug-likeness (QED) is 0.693. The van der Waals surface area contributed by atoms with Gasteiger partial charge in [-0.1, -0.05) is 42.5 Å². The molecule has 0 bridgehead atoms. The van der Waals surface area contributed by atoms with Crippen LogP contribution in [0.2, 0.25) is 0 Å². The van der Waals surface area contributed by atoms with E-state index in [-0.39, 0.29) is 17.8 Å². The van der Waals surface area contributed by atoms with Gasteiger partial charge >= 0.3 is 0 Å². The smallest absolute Gasteiger partial charge is 0.270 e.